The van der Waals surface area contributed by atoms with Crippen molar-refractivity contribution in [2.45, 2.75) is 38.0 Å². The normalized spacial score (nSPS) is 25.2. The van der Waals surface area contributed by atoms with Crippen molar-refractivity contribution in [1.82, 2.24) is 4.90 Å². The zero-order chi connectivity index (χ0) is 14.7. The molecule has 0 radical (unpaired) electrons. The number of hydrogen-bond donors (Lipinski definition) is 1. The number of benzene rings is 1. The number of fused-ring (bicyclic) bond motifs is 1. The predicted octanol–water partition coefficient (Wildman–Crippen LogP) is 1.89. The third kappa shape index (κ3) is 3.26. The maximum Gasteiger partial charge on any atom is 0.128 e. The van der Waals surface area contributed by atoms with Gasteiger partial charge in [-0.2, -0.15) is 0 Å². The van der Waals surface area contributed by atoms with E-state index in [0.717, 1.165) is 31.6 Å². The van der Waals surface area contributed by atoms with Crippen molar-refractivity contribution in [3.8, 4) is 11.8 Å². The molecule has 1 aliphatic heterocycles. The Morgan fingerprint density at radius 2 is 2.29 bits per heavy atom. The lowest BCUT2D eigenvalue weighted by Crippen LogP contribution is -2.47. The van der Waals surface area contributed by atoms with Crippen LogP contribution in [0, 0.1) is 17.7 Å². The van der Waals surface area contributed by atoms with Crippen molar-refractivity contribution in [2.75, 3.05) is 19.7 Å². The summed E-state index contributed by atoms with van der Waals surface area (Å²) < 4.78 is 20.0. The van der Waals surface area contributed by atoms with Gasteiger partial charge in [-0.25, -0.2) is 4.39 Å². The second kappa shape index (κ2) is 6.57. The van der Waals surface area contributed by atoms with Crippen LogP contribution >= 0.6 is 0 Å². The summed E-state index contributed by atoms with van der Waals surface area (Å²) in [5.41, 5.74) is 6.75. The predicted molar refractivity (Wildman–Crippen MR) is 80.1 cm³/mol. The molecular weight excluding hydrogens is 267 g/mol. The van der Waals surface area contributed by atoms with Gasteiger partial charge in [0.1, 0.15) is 5.82 Å². The summed E-state index contributed by atoms with van der Waals surface area (Å²) in [5, 5.41) is 0. The second-order valence-electron chi connectivity index (χ2n) is 5.69. The Morgan fingerprint density at radius 1 is 1.38 bits per heavy atom. The van der Waals surface area contributed by atoms with E-state index in [1.54, 1.807) is 0 Å². The Labute approximate surface area is 125 Å². The maximum absolute atomic E-state index is 14.2. The van der Waals surface area contributed by atoms with Crippen LogP contribution in [0.1, 0.15) is 30.4 Å². The summed E-state index contributed by atoms with van der Waals surface area (Å²) in [6.07, 6.45) is 3.85. The van der Waals surface area contributed by atoms with Gasteiger partial charge < -0.3 is 10.5 Å². The number of halogens is 1. The fourth-order valence-electron chi connectivity index (χ4n) is 3.33. The number of rotatable bonds is 2. The molecule has 1 aromatic carbocycles. The monoisotopic (exact) mass is 288 g/mol. The Morgan fingerprint density at radius 3 is 3.10 bits per heavy atom. The van der Waals surface area contributed by atoms with Crippen molar-refractivity contribution >= 4 is 0 Å². The first-order chi connectivity index (χ1) is 10.3. The highest BCUT2D eigenvalue weighted by Crippen LogP contribution is 2.30. The Balaban J connectivity index is 1.72. The van der Waals surface area contributed by atoms with Gasteiger partial charge in [0.05, 0.1) is 19.3 Å². The van der Waals surface area contributed by atoms with E-state index >= 15 is 0 Å². The lowest BCUT2D eigenvalue weighted by molar-refractivity contribution is -0.0591. The number of nitrogens with two attached hydrogens (primary N) is 1. The molecule has 1 aliphatic carbocycles. The number of nitrogens with zero attached hydrogens (tertiary/aromatic N) is 1. The molecular formula is C17H21FN2O. The first-order valence-electron chi connectivity index (χ1n) is 7.61. The second-order valence-corrected chi connectivity index (χ2v) is 5.69. The minimum absolute atomic E-state index is 0.181. The zero-order valence-corrected chi connectivity index (χ0v) is 12.1. The molecule has 21 heavy (non-hydrogen) atoms. The molecule has 2 unspecified atom stereocenters. The number of morpholine rings is 1. The van der Waals surface area contributed by atoms with E-state index in [-0.39, 0.29) is 5.82 Å². The summed E-state index contributed by atoms with van der Waals surface area (Å²) in [5.74, 6) is 5.43. The molecule has 4 heteroatoms. The van der Waals surface area contributed by atoms with Crippen molar-refractivity contribution in [1.29, 1.82) is 0 Å². The van der Waals surface area contributed by atoms with Crippen LogP contribution in [-0.4, -0.2) is 36.7 Å². The highest BCUT2D eigenvalue weighted by Gasteiger charge is 2.36. The summed E-state index contributed by atoms with van der Waals surface area (Å²) in [6.45, 7) is 2.58. The minimum Gasteiger partial charge on any atom is -0.375 e. The van der Waals surface area contributed by atoms with Gasteiger partial charge in [-0.05, 0) is 31.4 Å². The fourth-order valence-corrected chi connectivity index (χ4v) is 3.33. The van der Waals surface area contributed by atoms with Crippen LogP contribution in [0.3, 0.4) is 0 Å². The molecule has 0 spiro atoms. The highest BCUT2D eigenvalue weighted by atomic mass is 19.1. The molecule has 0 bridgehead atoms. The lowest BCUT2D eigenvalue weighted by atomic mass is 10.1. The van der Waals surface area contributed by atoms with Crippen LogP contribution in [0.15, 0.2) is 18.2 Å². The van der Waals surface area contributed by atoms with Crippen molar-refractivity contribution in [3.63, 3.8) is 0 Å². The molecule has 2 fully saturated rings. The Kier molecular flexibility index (Phi) is 4.54. The molecule has 1 heterocycles. The summed E-state index contributed by atoms with van der Waals surface area (Å²) in [7, 11) is 0. The minimum atomic E-state index is -0.181. The van der Waals surface area contributed by atoms with Gasteiger partial charge in [0.2, 0.25) is 0 Å². The van der Waals surface area contributed by atoms with Crippen LogP contribution in [0.2, 0.25) is 0 Å². The van der Waals surface area contributed by atoms with Gasteiger partial charge in [-0.3, -0.25) is 4.90 Å². The molecule has 112 valence electrons. The molecule has 1 aromatic rings. The first kappa shape index (κ1) is 14.5. The highest BCUT2D eigenvalue weighted by molar-refractivity contribution is 5.37. The molecule has 3 nitrogen and oxygen atoms in total. The smallest absolute Gasteiger partial charge is 0.128 e. The first-order valence-corrected chi connectivity index (χ1v) is 7.61. The molecule has 1 saturated heterocycles. The standard InChI is InChI=1S/C17H21FN2O/c18-15-11-13(3-2-8-19)6-7-14(15)12-20-9-10-21-17-5-1-4-16(17)20/h6-7,11,16-17H,1,4-5,8-10,12,19H2. The topological polar surface area (TPSA) is 38.5 Å². The van der Waals surface area contributed by atoms with Crippen molar-refractivity contribution in [2.24, 2.45) is 5.73 Å². The molecule has 2 aliphatic rings. The van der Waals surface area contributed by atoms with E-state index in [9.17, 15) is 4.39 Å². The van der Waals surface area contributed by atoms with Crippen LogP contribution in [0.4, 0.5) is 4.39 Å². The zero-order valence-electron chi connectivity index (χ0n) is 12.1. The maximum atomic E-state index is 14.2. The van der Waals surface area contributed by atoms with Gasteiger partial charge in [0, 0.05) is 30.3 Å². The van der Waals surface area contributed by atoms with E-state index in [1.165, 1.54) is 12.5 Å². The van der Waals surface area contributed by atoms with Gasteiger partial charge in [0.25, 0.3) is 0 Å². The fraction of sp³-hybridized carbons (Fsp3) is 0.529. The molecule has 0 aromatic heterocycles. The third-order valence-electron chi connectivity index (χ3n) is 4.36. The van der Waals surface area contributed by atoms with E-state index in [2.05, 4.69) is 16.7 Å². The molecule has 2 N–H and O–H groups in total. The van der Waals surface area contributed by atoms with Crippen LogP contribution in [-0.2, 0) is 11.3 Å². The van der Waals surface area contributed by atoms with Crippen LogP contribution in [0.25, 0.3) is 0 Å². The Bertz CT molecular complexity index is 564. The summed E-state index contributed by atoms with van der Waals surface area (Å²) in [4.78, 5) is 2.37. The largest absolute Gasteiger partial charge is 0.375 e. The van der Waals surface area contributed by atoms with Crippen LogP contribution in [0.5, 0.6) is 0 Å². The number of hydrogen-bond acceptors (Lipinski definition) is 3. The summed E-state index contributed by atoms with van der Waals surface area (Å²) in [6, 6.07) is 5.67. The average molecular weight is 288 g/mol. The molecule has 3 rings (SSSR count). The SMILES string of the molecule is NCC#Cc1ccc(CN2CCOC3CCCC32)c(F)c1. The quantitative estimate of drug-likeness (QED) is 0.845. The molecule has 1 saturated carbocycles. The van der Waals surface area contributed by atoms with Crippen LogP contribution < -0.4 is 5.73 Å². The van der Waals surface area contributed by atoms with Gasteiger partial charge in [-0.1, -0.05) is 17.9 Å². The van der Waals surface area contributed by atoms with E-state index in [0.29, 0.717) is 30.8 Å². The van der Waals surface area contributed by atoms with Crippen molar-refractivity contribution < 1.29 is 9.13 Å². The van der Waals surface area contributed by atoms with Gasteiger partial charge >= 0.3 is 0 Å². The average Bonchev–Trinajstić information content (AvgIpc) is 2.97. The Hall–Kier alpha value is -1.41. The lowest BCUT2D eigenvalue weighted by Gasteiger charge is -2.37. The summed E-state index contributed by atoms with van der Waals surface area (Å²) >= 11 is 0. The molecule has 0 amide bonds. The number of ether oxygens (including phenoxy) is 1. The third-order valence-corrected chi connectivity index (χ3v) is 4.36. The molecule has 2 atom stereocenters. The van der Waals surface area contributed by atoms with E-state index in [4.69, 9.17) is 10.5 Å². The van der Waals surface area contributed by atoms with E-state index < -0.39 is 0 Å². The van der Waals surface area contributed by atoms with Gasteiger partial charge in [0.15, 0.2) is 0 Å². The van der Waals surface area contributed by atoms with E-state index in [1.807, 2.05) is 12.1 Å². The van der Waals surface area contributed by atoms with Crippen molar-refractivity contribution in [3.05, 3.63) is 35.1 Å². The van der Waals surface area contributed by atoms with Gasteiger partial charge in [-0.15, -0.1) is 0 Å².